The van der Waals surface area contributed by atoms with E-state index in [1.165, 1.54) is 4.88 Å². The van der Waals surface area contributed by atoms with Gasteiger partial charge in [0, 0.05) is 17.3 Å². The summed E-state index contributed by atoms with van der Waals surface area (Å²) >= 11 is 1.73. The highest BCUT2D eigenvalue weighted by Gasteiger charge is 2.07. The van der Waals surface area contributed by atoms with Gasteiger partial charge in [-0.3, -0.25) is 4.98 Å². The number of aromatic nitrogens is 1. The van der Waals surface area contributed by atoms with Crippen molar-refractivity contribution in [1.82, 2.24) is 4.98 Å². The van der Waals surface area contributed by atoms with Crippen molar-refractivity contribution in [3.8, 4) is 0 Å². The summed E-state index contributed by atoms with van der Waals surface area (Å²) in [6.45, 7) is 0. The van der Waals surface area contributed by atoms with E-state index in [4.69, 9.17) is 0 Å². The molecule has 2 nitrogen and oxygen atoms in total. The van der Waals surface area contributed by atoms with Gasteiger partial charge in [-0.15, -0.1) is 11.3 Å². The first kappa shape index (κ1) is 10.3. The Kier molecular flexibility index (Phi) is 3.48. The summed E-state index contributed by atoms with van der Waals surface area (Å²) in [6, 6.07) is 7.90. The molecule has 0 spiro atoms. The van der Waals surface area contributed by atoms with E-state index in [9.17, 15) is 5.11 Å². The van der Waals surface area contributed by atoms with E-state index in [2.05, 4.69) is 16.4 Å². The van der Waals surface area contributed by atoms with Gasteiger partial charge < -0.3 is 5.11 Å². The van der Waals surface area contributed by atoms with Crippen LogP contribution in [0.5, 0.6) is 0 Å². The van der Waals surface area contributed by atoms with Gasteiger partial charge in [-0.1, -0.05) is 12.1 Å². The van der Waals surface area contributed by atoms with E-state index in [1.807, 2.05) is 18.2 Å². The maximum absolute atomic E-state index is 9.88. The van der Waals surface area contributed by atoms with Crippen LogP contribution in [-0.2, 0) is 6.42 Å². The van der Waals surface area contributed by atoms with Crippen LogP contribution in [0.25, 0.3) is 0 Å². The Morgan fingerprint density at radius 3 is 2.93 bits per heavy atom. The first-order valence-corrected chi connectivity index (χ1v) is 5.84. The molecule has 1 unspecified atom stereocenters. The van der Waals surface area contributed by atoms with Crippen molar-refractivity contribution in [3.63, 3.8) is 0 Å². The predicted octanol–water partition coefficient (Wildman–Crippen LogP) is 2.81. The Balaban J connectivity index is 1.90. The fourth-order valence-corrected chi connectivity index (χ4v) is 2.20. The largest absolute Gasteiger partial charge is 0.388 e. The summed E-state index contributed by atoms with van der Waals surface area (Å²) in [5.74, 6) is 0. The lowest BCUT2D eigenvalue weighted by Gasteiger charge is -2.08. The average molecular weight is 219 g/mol. The van der Waals surface area contributed by atoms with Crippen molar-refractivity contribution in [1.29, 1.82) is 0 Å². The molecule has 0 aromatic carbocycles. The van der Waals surface area contributed by atoms with Gasteiger partial charge in [-0.2, -0.15) is 0 Å². The molecule has 0 aliphatic carbocycles. The minimum Gasteiger partial charge on any atom is -0.388 e. The standard InChI is InChI=1S/C12H13NOS/c14-12(10-3-1-7-13-9-10)6-5-11-4-2-8-15-11/h1-4,7-9,12,14H,5-6H2. The molecule has 2 rings (SSSR count). The molecule has 0 bridgehead atoms. The number of aliphatic hydroxyl groups is 1. The molecule has 1 N–H and O–H groups in total. The minimum absolute atomic E-state index is 0.402. The fraction of sp³-hybridized carbons (Fsp3) is 0.250. The Morgan fingerprint density at radius 1 is 1.33 bits per heavy atom. The van der Waals surface area contributed by atoms with Crippen LogP contribution in [-0.4, -0.2) is 10.1 Å². The van der Waals surface area contributed by atoms with Crippen LogP contribution >= 0.6 is 11.3 Å². The summed E-state index contributed by atoms with van der Waals surface area (Å²) in [7, 11) is 0. The highest BCUT2D eigenvalue weighted by molar-refractivity contribution is 7.09. The van der Waals surface area contributed by atoms with Crippen LogP contribution in [0.4, 0.5) is 0 Å². The number of thiophene rings is 1. The lowest BCUT2D eigenvalue weighted by molar-refractivity contribution is 0.167. The number of pyridine rings is 1. The number of rotatable bonds is 4. The van der Waals surface area contributed by atoms with Crippen molar-refractivity contribution in [2.45, 2.75) is 18.9 Å². The van der Waals surface area contributed by atoms with E-state index < -0.39 is 6.10 Å². The van der Waals surface area contributed by atoms with Gasteiger partial charge in [0.1, 0.15) is 0 Å². The lowest BCUT2D eigenvalue weighted by atomic mass is 10.1. The third-order valence-electron chi connectivity index (χ3n) is 2.31. The molecule has 3 heteroatoms. The van der Waals surface area contributed by atoms with E-state index in [1.54, 1.807) is 23.7 Å². The van der Waals surface area contributed by atoms with Crippen molar-refractivity contribution in [2.24, 2.45) is 0 Å². The summed E-state index contributed by atoms with van der Waals surface area (Å²) in [5, 5.41) is 11.9. The normalized spacial score (nSPS) is 12.6. The molecule has 2 aromatic rings. The summed E-state index contributed by atoms with van der Waals surface area (Å²) in [5.41, 5.74) is 0.897. The van der Waals surface area contributed by atoms with E-state index >= 15 is 0 Å². The molecule has 2 aromatic heterocycles. The number of hydrogen-bond donors (Lipinski definition) is 1. The second kappa shape index (κ2) is 5.05. The third-order valence-corrected chi connectivity index (χ3v) is 3.25. The topological polar surface area (TPSA) is 33.1 Å². The second-order valence-electron chi connectivity index (χ2n) is 3.42. The van der Waals surface area contributed by atoms with E-state index in [0.717, 1.165) is 18.4 Å². The quantitative estimate of drug-likeness (QED) is 0.857. The van der Waals surface area contributed by atoms with Gasteiger partial charge >= 0.3 is 0 Å². The monoisotopic (exact) mass is 219 g/mol. The van der Waals surface area contributed by atoms with Crippen LogP contribution in [0.3, 0.4) is 0 Å². The van der Waals surface area contributed by atoms with E-state index in [-0.39, 0.29) is 0 Å². The number of nitrogens with zero attached hydrogens (tertiary/aromatic N) is 1. The van der Waals surface area contributed by atoms with Crippen LogP contribution in [0, 0.1) is 0 Å². The molecule has 0 saturated heterocycles. The SMILES string of the molecule is OC(CCc1cccs1)c1cccnc1. The predicted molar refractivity (Wildman–Crippen MR) is 61.8 cm³/mol. The molecule has 0 aliphatic heterocycles. The molecule has 0 saturated carbocycles. The first-order valence-electron chi connectivity index (χ1n) is 4.96. The second-order valence-corrected chi connectivity index (χ2v) is 4.45. The third kappa shape index (κ3) is 2.88. The van der Waals surface area contributed by atoms with Crippen LogP contribution < -0.4 is 0 Å². The highest BCUT2D eigenvalue weighted by atomic mass is 32.1. The molecular weight excluding hydrogens is 206 g/mol. The molecule has 0 aliphatic rings. The number of aliphatic hydroxyl groups excluding tert-OH is 1. The lowest BCUT2D eigenvalue weighted by Crippen LogP contribution is -1.99. The van der Waals surface area contributed by atoms with E-state index in [0.29, 0.717) is 0 Å². The zero-order valence-electron chi connectivity index (χ0n) is 8.34. The molecule has 0 radical (unpaired) electrons. The fourth-order valence-electron chi connectivity index (χ4n) is 1.47. The van der Waals surface area contributed by atoms with Gasteiger partial charge in [-0.05, 0) is 35.9 Å². The molecule has 1 atom stereocenters. The Hall–Kier alpha value is -1.19. The van der Waals surface area contributed by atoms with Crippen molar-refractivity contribution < 1.29 is 5.11 Å². The van der Waals surface area contributed by atoms with Crippen LogP contribution in [0.1, 0.15) is 23.0 Å². The molecule has 0 fully saturated rings. The minimum atomic E-state index is -0.402. The maximum atomic E-state index is 9.88. The first-order chi connectivity index (χ1) is 7.36. The number of aryl methyl sites for hydroxylation is 1. The van der Waals surface area contributed by atoms with Gasteiger partial charge in [-0.25, -0.2) is 0 Å². The van der Waals surface area contributed by atoms with Gasteiger partial charge in [0.25, 0.3) is 0 Å². The Labute approximate surface area is 93.2 Å². The molecule has 0 amide bonds. The van der Waals surface area contributed by atoms with Gasteiger partial charge in [0.15, 0.2) is 0 Å². The summed E-state index contributed by atoms with van der Waals surface area (Å²) in [4.78, 5) is 5.31. The van der Waals surface area contributed by atoms with Crippen molar-refractivity contribution >= 4 is 11.3 Å². The average Bonchev–Trinajstić information content (AvgIpc) is 2.80. The molecule has 78 valence electrons. The Morgan fingerprint density at radius 2 is 2.27 bits per heavy atom. The zero-order valence-corrected chi connectivity index (χ0v) is 9.15. The van der Waals surface area contributed by atoms with Crippen molar-refractivity contribution in [3.05, 3.63) is 52.5 Å². The zero-order chi connectivity index (χ0) is 10.5. The van der Waals surface area contributed by atoms with Gasteiger partial charge in [0.05, 0.1) is 6.10 Å². The maximum Gasteiger partial charge on any atom is 0.0808 e. The van der Waals surface area contributed by atoms with Crippen molar-refractivity contribution in [2.75, 3.05) is 0 Å². The molecular formula is C12H13NOS. The number of hydrogen-bond acceptors (Lipinski definition) is 3. The van der Waals surface area contributed by atoms with Gasteiger partial charge in [0.2, 0.25) is 0 Å². The molecule has 2 heterocycles. The highest BCUT2D eigenvalue weighted by Crippen LogP contribution is 2.19. The Bertz CT molecular complexity index is 385. The van der Waals surface area contributed by atoms with Crippen LogP contribution in [0.2, 0.25) is 0 Å². The summed E-state index contributed by atoms with van der Waals surface area (Å²) < 4.78 is 0. The molecule has 15 heavy (non-hydrogen) atoms. The smallest absolute Gasteiger partial charge is 0.0808 e. The van der Waals surface area contributed by atoms with Crippen LogP contribution in [0.15, 0.2) is 42.0 Å². The summed E-state index contributed by atoms with van der Waals surface area (Å²) in [6.07, 6.45) is 4.72.